The van der Waals surface area contributed by atoms with Crippen LogP contribution in [0.15, 0.2) is 36.8 Å². The second kappa shape index (κ2) is 6.34. The van der Waals surface area contributed by atoms with Gasteiger partial charge in [-0.1, -0.05) is 6.07 Å². The standard InChI is InChI=1S/C18H22N4O/c1-13-3-2-4-15(21-13)10-22-8-6-14-9-17(23-18(14)11-22)16-5-7-19-12-20-16/h2-5,7,12,14,17-18H,6,8-11H2,1H3/t14-,17+,18+/m0/s1. The third-order valence-corrected chi connectivity index (χ3v) is 4.90. The molecule has 0 aromatic carbocycles. The zero-order valence-electron chi connectivity index (χ0n) is 13.4. The van der Waals surface area contributed by atoms with E-state index in [1.54, 1.807) is 12.5 Å². The summed E-state index contributed by atoms with van der Waals surface area (Å²) in [4.78, 5) is 15.4. The molecule has 2 saturated heterocycles. The molecule has 0 aliphatic carbocycles. The van der Waals surface area contributed by atoms with E-state index >= 15 is 0 Å². The molecule has 5 nitrogen and oxygen atoms in total. The van der Waals surface area contributed by atoms with Gasteiger partial charge in [-0.25, -0.2) is 9.97 Å². The summed E-state index contributed by atoms with van der Waals surface area (Å²) in [7, 11) is 0. The SMILES string of the molecule is Cc1cccc(CN2CC[C@H]3C[C@H](c4ccncn4)O[C@@H]3C2)n1. The molecule has 2 aromatic rings. The number of aryl methyl sites for hydroxylation is 1. The molecule has 2 aliphatic rings. The molecule has 0 bridgehead atoms. The van der Waals surface area contributed by atoms with Crippen molar-refractivity contribution < 1.29 is 4.74 Å². The van der Waals surface area contributed by atoms with Gasteiger partial charge < -0.3 is 4.74 Å². The van der Waals surface area contributed by atoms with Crippen molar-refractivity contribution in [2.45, 2.75) is 38.5 Å². The van der Waals surface area contributed by atoms with E-state index in [0.29, 0.717) is 12.0 Å². The second-order valence-corrected chi connectivity index (χ2v) is 6.59. The minimum atomic E-state index is 0.130. The third kappa shape index (κ3) is 3.26. The average molecular weight is 310 g/mol. The van der Waals surface area contributed by atoms with E-state index in [0.717, 1.165) is 43.1 Å². The smallest absolute Gasteiger partial charge is 0.115 e. The van der Waals surface area contributed by atoms with E-state index in [-0.39, 0.29) is 6.10 Å². The molecule has 120 valence electrons. The van der Waals surface area contributed by atoms with Gasteiger partial charge in [0.25, 0.3) is 0 Å². The fourth-order valence-electron chi connectivity index (χ4n) is 3.74. The first-order valence-electron chi connectivity index (χ1n) is 8.34. The largest absolute Gasteiger partial charge is 0.367 e. The Bertz CT molecular complexity index is 663. The number of hydrogen-bond donors (Lipinski definition) is 0. The summed E-state index contributed by atoms with van der Waals surface area (Å²) >= 11 is 0. The highest BCUT2D eigenvalue weighted by atomic mass is 16.5. The number of aromatic nitrogens is 3. The Hall–Kier alpha value is -1.85. The van der Waals surface area contributed by atoms with Gasteiger partial charge in [0.15, 0.2) is 0 Å². The normalized spacial score (nSPS) is 27.8. The van der Waals surface area contributed by atoms with Crippen LogP contribution in [0.4, 0.5) is 0 Å². The Kier molecular flexibility index (Phi) is 4.06. The maximum Gasteiger partial charge on any atom is 0.115 e. The number of pyridine rings is 1. The topological polar surface area (TPSA) is 51.1 Å². The minimum absolute atomic E-state index is 0.130. The van der Waals surface area contributed by atoms with E-state index in [4.69, 9.17) is 4.74 Å². The summed E-state index contributed by atoms with van der Waals surface area (Å²) in [6, 6.07) is 8.21. The summed E-state index contributed by atoms with van der Waals surface area (Å²) in [5.74, 6) is 0.650. The van der Waals surface area contributed by atoms with E-state index < -0.39 is 0 Å². The van der Waals surface area contributed by atoms with Crippen molar-refractivity contribution in [3.05, 3.63) is 53.9 Å². The van der Waals surface area contributed by atoms with Crippen molar-refractivity contribution in [2.75, 3.05) is 13.1 Å². The molecule has 0 saturated carbocycles. The lowest BCUT2D eigenvalue weighted by atomic mass is 9.91. The maximum absolute atomic E-state index is 6.29. The molecule has 23 heavy (non-hydrogen) atoms. The molecular weight excluding hydrogens is 288 g/mol. The summed E-state index contributed by atoms with van der Waals surface area (Å²) < 4.78 is 6.29. The molecule has 0 unspecified atom stereocenters. The van der Waals surface area contributed by atoms with Crippen LogP contribution in [-0.2, 0) is 11.3 Å². The monoisotopic (exact) mass is 310 g/mol. The lowest BCUT2D eigenvalue weighted by Gasteiger charge is -2.33. The Morgan fingerprint density at radius 2 is 2.26 bits per heavy atom. The highest BCUT2D eigenvalue weighted by Gasteiger charge is 2.40. The van der Waals surface area contributed by atoms with Gasteiger partial charge in [-0.3, -0.25) is 9.88 Å². The Balaban J connectivity index is 1.40. The van der Waals surface area contributed by atoms with Gasteiger partial charge in [0.05, 0.1) is 17.5 Å². The van der Waals surface area contributed by atoms with Gasteiger partial charge in [0, 0.05) is 25.0 Å². The molecule has 4 heterocycles. The quantitative estimate of drug-likeness (QED) is 0.872. The van der Waals surface area contributed by atoms with Gasteiger partial charge >= 0.3 is 0 Å². The van der Waals surface area contributed by atoms with E-state index in [1.807, 2.05) is 19.1 Å². The van der Waals surface area contributed by atoms with Crippen LogP contribution in [-0.4, -0.2) is 39.0 Å². The number of nitrogens with zero attached hydrogens (tertiary/aromatic N) is 4. The Labute approximate surface area is 136 Å². The van der Waals surface area contributed by atoms with Crippen LogP contribution in [0.25, 0.3) is 0 Å². The Morgan fingerprint density at radius 1 is 1.30 bits per heavy atom. The summed E-state index contributed by atoms with van der Waals surface area (Å²) in [6.45, 7) is 5.06. The summed E-state index contributed by atoms with van der Waals surface area (Å²) in [5.41, 5.74) is 3.24. The van der Waals surface area contributed by atoms with Gasteiger partial charge in [0.2, 0.25) is 0 Å². The van der Waals surface area contributed by atoms with Gasteiger partial charge in [-0.15, -0.1) is 0 Å². The number of rotatable bonds is 3. The molecule has 2 fully saturated rings. The number of piperidine rings is 1. The molecule has 5 heteroatoms. The third-order valence-electron chi connectivity index (χ3n) is 4.90. The first kappa shape index (κ1) is 14.7. The van der Waals surface area contributed by atoms with E-state index in [9.17, 15) is 0 Å². The highest BCUT2D eigenvalue weighted by molar-refractivity contribution is 5.10. The fourth-order valence-corrected chi connectivity index (χ4v) is 3.74. The van der Waals surface area contributed by atoms with E-state index in [1.165, 1.54) is 6.42 Å². The zero-order chi connectivity index (χ0) is 15.6. The molecule has 0 radical (unpaired) electrons. The molecule has 4 rings (SSSR count). The maximum atomic E-state index is 6.29. The van der Waals surface area contributed by atoms with Crippen LogP contribution >= 0.6 is 0 Å². The van der Waals surface area contributed by atoms with Gasteiger partial charge in [-0.2, -0.15) is 0 Å². The van der Waals surface area contributed by atoms with Crippen LogP contribution < -0.4 is 0 Å². The predicted octanol–water partition coefficient (Wildman–Crippen LogP) is 2.53. The number of fused-ring (bicyclic) bond motifs is 1. The molecule has 3 atom stereocenters. The zero-order valence-corrected chi connectivity index (χ0v) is 13.4. The lowest BCUT2D eigenvalue weighted by molar-refractivity contribution is -0.0109. The van der Waals surface area contributed by atoms with E-state index in [2.05, 4.69) is 32.0 Å². The molecular formula is C18H22N4O. The summed E-state index contributed by atoms with van der Waals surface area (Å²) in [5, 5.41) is 0. The van der Waals surface area contributed by atoms with Crippen LogP contribution in [0.2, 0.25) is 0 Å². The predicted molar refractivity (Wildman–Crippen MR) is 86.6 cm³/mol. The van der Waals surface area contributed by atoms with Crippen LogP contribution in [0.5, 0.6) is 0 Å². The summed E-state index contributed by atoms with van der Waals surface area (Å²) in [6.07, 6.45) is 6.12. The molecule has 2 aliphatic heterocycles. The second-order valence-electron chi connectivity index (χ2n) is 6.59. The van der Waals surface area contributed by atoms with Crippen molar-refractivity contribution in [1.29, 1.82) is 0 Å². The van der Waals surface area contributed by atoms with Crippen molar-refractivity contribution in [3.8, 4) is 0 Å². The lowest BCUT2D eigenvalue weighted by Crippen LogP contribution is -2.41. The van der Waals surface area contributed by atoms with Gasteiger partial charge in [0.1, 0.15) is 12.4 Å². The number of likely N-dealkylation sites (tertiary alicyclic amines) is 1. The molecule has 0 N–H and O–H groups in total. The average Bonchev–Trinajstić information content (AvgIpc) is 2.99. The van der Waals surface area contributed by atoms with Gasteiger partial charge in [-0.05, 0) is 50.4 Å². The first-order chi connectivity index (χ1) is 11.3. The van der Waals surface area contributed by atoms with Crippen molar-refractivity contribution >= 4 is 0 Å². The van der Waals surface area contributed by atoms with Crippen LogP contribution in [0.3, 0.4) is 0 Å². The van der Waals surface area contributed by atoms with Crippen LogP contribution in [0, 0.1) is 12.8 Å². The number of ether oxygens (including phenoxy) is 1. The van der Waals surface area contributed by atoms with Crippen molar-refractivity contribution in [3.63, 3.8) is 0 Å². The molecule has 0 spiro atoms. The van der Waals surface area contributed by atoms with Crippen molar-refractivity contribution in [1.82, 2.24) is 19.9 Å². The first-order valence-corrected chi connectivity index (χ1v) is 8.34. The van der Waals surface area contributed by atoms with Crippen molar-refractivity contribution in [2.24, 2.45) is 5.92 Å². The van der Waals surface area contributed by atoms with Crippen LogP contribution in [0.1, 0.15) is 36.0 Å². The Morgan fingerprint density at radius 3 is 3.09 bits per heavy atom. The molecule has 0 amide bonds. The fraction of sp³-hybridized carbons (Fsp3) is 0.500. The molecule has 2 aromatic heterocycles. The minimum Gasteiger partial charge on any atom is -0.367 e. The highest BCUT2D eigenvalue weighted by Crippen LogP contribution is 2.40. The number of hydrogen-bond acceptors (Lipinski definition) is 5.